The molecule has 0 aliphatic heterocycles. The molecule has 0 saturated heterocycles. The summed E-state index contributed by atoms with van der Waals surface area (Å²) in [7, 11) is 2.97. The molecule has 1 aromatic carbocycles. The second kappa shape index (κ2) is 7.08. The summed E-state index contributed by atoms with van der Waals surface area (Å²) < 4.78 is 10.4. The molecule has 0 spiro atoms. The van der Waals surface area contributed by atoms with E-state index in [4.69, 9.17) is 21.1 Å². The maximum atomic E-state index is 12.6. The van der Waals surface area contributed by atoms with Gasteiger partial charge in [0.1, 0.15) is 16.9 Å². The summed E-state index contributed by atoms with van der Waals surface area (Å²) in [5.74, 6) is 0.266. The molecule has 1 saturated carbocycles. The van der Waals surface area contributed by atoms with Gasteiger partial charge < -0.3 is 20.1 Å². The summed E-state index contributed by atoms with van der Waals surface area (Å²) in [5, 5.41) is 5.92. The van der Waals surface area contributed by atoms with Crippen molar-refractivity contribution in [2.24, 2.45) is 5.41 Å². The number of rotatable bonds is 7. The number of benzene rings is 1. The van der Waals surface area contributed by atoms with Gasteiger partial charge in [-0.15, -0.1) is 0 Å². The van der Waals surface area contributed by atoms with Gasteiger partial charge in [-0.25, -0.2) is 0 Å². The summed E-state index contributed by atoms with van der Waals surface area (Å²) in [6.07, 6.45) is 1.91. The van der Waals surface area contributed by atoms with Crippen molar-refractivity contribution < 1.29 is 19.1 Å². The number of hydrogen-bond acceptors (Lipinski definition) is 4. The molecule has 0 atom stereocenters. The van der Waals surface area contributed by atoms with Crippen molar-refractivity contribution in [2.45, 2.75) is 26.2 Å². The number of ether oxygens (including phenoxy) is 2. The number of methoxy groups -OCH3 is 2. The van der Waals surface area contributed by atoms with Crippen molar-refractivity contribution in [1.82, 2.24) is 5.32 Å². The van der Waals surface area contributed by atoms with Gasteiger partial charge in [-0.05, 0) is 19.3 Å². The van der Waals surface area contributed by atoms with Crippen LogP contribution in [-0.4, -0.2) is 32.6 Å². The van der Waals surface area contributed by atoms with Gasteiger partial charge in [0.05, 0.1) is 24.9 Å². The fourth-order valence-electron chi connectivity index (χ4n) is 2.29. The minimum atomic E-state index is -0.979. The number of halogens is 1. The van der Waals surface area contributed by atoms with Crippen molar-refractivity contribution in [3.05, 3.63) is 17.2 Å². The molecule has 2 rings (SSSR count). The van der Waals surface area contributed by atoms with E-state index in [0.717, 1.165) is 6.42 Å². The van der Waals surface area contributed by atoms with Gasteiger partial charge in [0.25, 0.3) is 0 Å². The highest BCUT2D eigenvalue weighted by molar-refractivity contribution is 6.32. The lowest BCUT2D eigenvalue weighted by molar-refractivity contribution is -0.134. The zero-order valence-corrected chi connectivity index (χ0v) is 14.3. The van der Waals surface area contributed by atoms with E-state index in [9.17, 15) is 9.59 Å². The van der Waals surface area contributed by atoms with Crippen LogP contribution in [0.4, 0.5) is 5.69 Å². The van der Waals surface area contributed by atoms with Crippen LogP contribution in [0.25, 0.3) is 0 Å². The Balaban J connectivity index is 2.18. The Bertz CT molecular complexity index is 614. The zero-order valence-electron chi connectivity index (χ0n) is 13.5. The van der Waals surface area contributed by atoms with Crippen LogP contribution in [-0.2, 0) is 9.59 Å². The minimum absolute atomic E-state index is 0.225. The molecular weight excluding hydrogens is 320 g/mol. The Morgan fingerprint density at radius 3 is 2.35 bits per heavy atom. The van der Waals surface area contributed by atoms with E-state index in [1.807, 2.05) is 6.92 Å². The van der Waals surface area contributed by atoms with Crippen LogP contribution in [0.5, 0.6) is 11.5 Å². The fourth-order valence-corrected chi connectivity index (χ4v) is 2.52. The molecule has 6 nitrogen and oxygen atoms in total. The predicted octanol–water partition coefficient (Wildman–Crippen LogP) is 2.60. The summed E-state index contributed by atoms with van der Waals surface area (Å²) in [6.45, 7) is 2.52. The van der Waals surface area contributed by atoms with Crippen LogP contribution in [0.1, 0.15) is 26.2 Å². The summed E-state index contributed by atoms with van der Waals surface area (Å²) in [6, 6.07) is 3.14. The van der Waals surface area contributed by atoms with Crippen molar-refractivity contribution >= 4 is 29.1 Å². The third-order valence-corrected chi connectivity index (χ3v) is 4.17. The standard InChI is InChI=1S/C16H21ClN2O4/c1-4-7-18-14(20)16(5-6-16)15(21)19-11-9-12(22-2)10(17)8-13(11)23-3/h8-9H,4-7H2,1-3H3,(H,18,20)(H,19,21). The first-order valence-electron chi connectivity index (χ1n) is 7.49. The molecule has 23 heavy (non-hydrogen) atoms. The maximum Gasteiger partial charge on any atom is 0.240 e. The normalized spacial score (nSPS) is 14.8. The number of anilines is 1. The van der Waals surface area contributed by atoms with Gasteiger partial charge in [-0.2, -0.15) is 0 Å². The molecule has 1 aliphatic rings. The monoisotopic (exact) mass is 340 g/mol. The van der Waals surface area contributed by atoms with Crippen LogP contribution in [0, 0.1) is 5.41 Å². The van der Waals surface area contributed by atoms with E-state index < -0.39 is 5.41 Å². The molecule has 0 heterocycles. The lowest BCUT2D eigenvalue weighted by Crippen LogP contribution is -2.40. The van der Waals surface area contributed by atoms with Gasteiger partial charge >= 0.3 is 0 Å². The average molecular weight is 341 g/mol. The van der Waals surface area contributed by atoms with E-state index in [-0.39, 0.29) is 11.8 Å². The van der Waals surface area contributed by atoms with Crippen LogP contribution in [0.15, 0.2) is 12.1 Å². The first kappa shape index (κ1) is 17.4. The van der Waals surface area contributed by atoms with Crippen molar-refractivity contribution in [3.8, 4) is 11.5 Å². The molecule has 1 aromatic rings. The van der Waals surface area contributed by atoms with Crippen molar-refractivity contribution in [2.75, 3.05) is 26.1 Å². The number of carbonyl (C=O) groups excluding carboxylic acids is 2. The lowest BCUT2D eigenvalue weighted by atomic mass is 10.0. The molecular formula is C16H21ClN2O4. The Morgan fingerprint density at radius 1 is 1.17 bits per heavy atom. The highest BCUT2D eigenvalue weighted by Gasteiger charge is 2.56. The Labute approximate surface area is 140 Å². The van der Waals surface area contributed by atoms with Crippen molar-refractivity contribution in [1.29, 1.82) is 0 Å². The Hall–Kier alpha value is -1.95. The Morgan fingerprint density at radius 2 is 1.83 bits per heavy atom. The minimum Gasteiger partial charge on any atom is -0.495 e. The molecule has 2 N–H and O–H groups in total. The predicted molar refractivity (Wildman–Crippen MR) is 88.2 cm³/mol. The quantitative estimate of drug-likeness (QED) is 0.748. The smallest absolute Gasteiger partial charge is 0.240 e. The van der Waals surface area contributed by atoms with E-state index in [0.29, 0.717) is 41.6 Å². The van der Waals surface area contributed by atoms with Gasteiger partial charge in [0, 0.05) is 18.7 Å². The van der Waals surface area contributed by atoms with E-state index in [2.05, 4.69) is 10.6 Å². The van der Waals surface area contributed by atoms with Gasteiger partial charge in [0.2, 0.25) is 11.8 Å². The highest BCUT2D eigenvalue weighted by atomic mass is 35.5. The number of hydrogen-bond donors (Lipinski definition) is 2. The maximum absolute atomic E-state index is 12.6. The van der Waals surface area contributed by atoms with Crippen molar-refractivity contribution in [3.63, 3.8) is 0 Å². The van der Waals surface area contributed by atoms with Gasteiger partial charge in [-0.1, -0.05) is 18.5 Å². The number of carbonyl (C=O) groups is 2. The lowest BCUT2D eigenvalue weighted by Gasteiger charge is -2.17. The van der Waals surface area contributed by atoms with Crippen LogP contribution >= 0.6 is 11.6 Å². The largest absolute Gasteiger partial charge is 0.495 e. The zero-order chi connectivity index (χ0) is 17.0. The van der Waals surface area contributed by atoms with E-state index in [1.54, 1.807) is 12.1 Å². The third kappa shape index (κ3) is 3.52. The third-order valence-electron chi connectivity index (χ3n) is 3.88. The molecule has 2 amide bonds. The molecule has 0 unspecified atom stereocenters. The summed E-state index contributed by atoms with van der Waals surface area (Å²) in [5.41, 5.74) is -0.555. The fraction of sp³-hybridized carbons (Fsp3) is 0.500. The van der Waals surface area contributed by atoms with Crippen LogP contribution < -0.4 is 20.1 Å². The molecule has 1 aliphatic carbocycles. The Kier molecular flexibility index (Phi) is 5.36. The van der Waals surface area contributed by atoms with Crippen LogP contribution in [0.2, 0.25) is 5.02 Å². The molecule has 0 bridgehead atoms. The number of amides is 2. The molecule has 7 heteroatoms. The van der Waals surface area contributed by atoms with E-state index in [1.165, 1.54) is 14.2 Å². The topological polar surface area (TPSA) is 76.7 Å². The summed E-state index contributed by atoms with van der Waals surface area (Å²) in [4.78, 5) is 24.8. The van der Waals surface area contributed by atoms with Gasteiger partial charge in [-0.3, -0.25) is 9.59 Å². The number of nitrogens with one attached hydrogen (secondary N) is 2. The molecule has 1 fully saturated rings. The molecule has 0 radical (unpaired) electrons. The first-order valence-corrected chi connectivity index (χ1v) is 7.87. The van der Waals surface area contributed by atoms with Gasteiger partial charge in [0.15, 0.2) is 0 Å². The molecule has 126 valence electrons. The second-order valence-electron chi connectivity index (χ2n) is 5.48. The highest BCUT2D eigenvalue weighted by Crippen LogP contribution is 2.47. The van der Waals surface area contributed by atoms with Crippen LogP contribution in [0.3, 0.4) is 0 Å². The molecule has 0 aromatic heterocycles. The summed E-state index contributed by atoms with van der Waals surface area (Å²) >= 11 is 6.04. The van der Waals surface area contributed by atoms with E-state index >= 15 is 0 Å². The second-order valence-corrected chi connectivity index (χ2v) is 5.89. The SMILES string of the molecule is CCCNC(=O)C1(C(=O)Nc2cc(OC)c(Cl)cc2OC)CC1. The first-order chi connectivity index (χ1) is 11.0. The average Bonchev–Trinajstić information content (AvgIpc) is 3.35.